The fraction of sp³-hybridized carbons (Fsp3) is 0.379. The van der Waals surface area contributed by atoms with Gasteiger partial charge in [0, 0.05) is 36.5 Å². The number of rotatable bonds is 11. The fourth-order valence-corrected chi connectivity index (χ4v) is 4.34. The second kappa shape index (κ2) is 11.9. The lowest BCUT2D eigenvalue weighted by Crippen LogP contribution is -2.25. The number of hydrogen-bond acceptors (Lipinski definition) is 6. The van der Waals surface area contributed by atoms with Crippen molar-refractivity contribution >= 4 is 17.7 Å². The number of carbonyl (C=O) groups is 1. The fourth-order valence-electron chi connectivity index (χ4n) is 4.34. The maximum absolute atomic E-state index is 11.9. The topological polar surface area (TPSA) is 85.0 Å². The zero-order valence-electron chi connectivity index (χ0n) is 21.3. The Hall–Kier alpha value is -3.58. The largest absolute Gasteiger partial charge is 0.491 e. The van der Waals surface area contributed by atoms with Crippen LogP contribution in [-0.4, -0.2) is 42.6 Å². The summed E-state index contributed by atoms with van der Waals surface area (Å²) < 4.78 is 16.7. The Bertz CT molecular complexity index is 1190. The first-order chi connectivity index (χ1) is 17.5. The van der Waals surface area contributed by atoms with Crippen LogP contribution in [0, 0.1) is 13.8 Å². The van der Waals surface area contributed by atoms with Crippen molar-refractivity contribution in [2.75, 3.05) is 31.3 Å². The molecule has 0 fully saturated rings. The Morgan fingerprint density at radius 2 is 1.86 bits per heavy atom. The number of benzene rings is 2. The molecule has 1 aliphatic heterocycles. The van der Waals surface area contributed by atoms with E-state index in [1.165, 1.54) is 0 Å². The number of anilines is 1. The number of carboxylic acids is 1. The van der Waals surface area contributed by atoms with E-state index in [2.05, 4.69) is 35.2 Å². The summed E-state index contributed by atoms with van der Waals surface area (Å²) in [6.07, 6.45) is 4.44. The van der Waals surface area contributed by atoms with Gasteiger partial charge >= 0.3 is 5.97 Å². The van der Waals surface area contributed by atoms with Crippen molar-refractivity contribution in [3.63, 3.8) is 0 Å². The minimum Gasteiger partial charge on any atom is -0.491 e. The van der Waals surface area contributed by atoms with E-state index in [1.54, 1.807) is 6.08 Å². The molecule has 0 amide bonds. The minimum atomic E-state index is -0.884. The summed E-state index contributed by atoms with van der Waals surface area (Å²) in [6.45, 7) is 9.06. The smallest absolute Gasteiger partial charge is 0.331 e. The number of unbranched alkanes of at least 4 members (excludes halogenated alkanes) is 1. The summed E-state index contributed by atoms with van der Waals surface area (Å²) in [6, 6.07) is 14.2. The third-order valence-electron chi connectivity index (χ3n) is 6.48. The van der Waals surface area contributed by atoms with Crippen LogP contribution in [0.5, 0.6) is 5.75 Å². The molecule has 0 atom stereocenters. The summed E-state index contributed by atoms with van der Waals surface area (Å²) in [5, 5.41) is 13.8. The normalized spacial score (nSPS) is 13.2. The van der Waals surface area contributed by atoms with Gasteiger partial charge in [0.2, 0.25) is 0 Å². The van der Waals surface area contributed by atoms with Gasteiger partial charge in [-0.3, -0.25) is 0 Å². The molecular formula is C29H34N2O5. The van der Waals surface area contributed by atoms with Gasteiger partial charge in [-0.2, -0.15) is 0 Å². The number of aliphatic carboxylic acids is 1. The molecule has 0 spiro atoms. The van der Waals surface area contributed by atoms with Gasteiger partial charge in [0.05, 0.1) is 12.3 Å². The Kier molecular flexibility index (Phi) is 8.44. The lowest BCUT2D eigenvalue weighted by molar-refractivity contribution is -0.132. The lowest BCUT2D eigenvalue weighted by atomic mass is 10.00. The van der Waals surface area contributed by atoms with Crippen LogP contribution in [0.25, 0.3) is 17.2 Å². The highest BCUT2D eigenvalue weighted by Gasteiger charge is 2.22. The van der Waals surface area contributed by atoms with Gasteiger partial charge < -0.3 is 24.0 Å². The van der Waals surface area contributed by atoms with Crippen molar-refractivity contribution in [2.24, 2.45) is 0 Å². The van der Waals surface area contributed by atoms with Gasteiger partial charge in [0.1, 0.15) is 18.1 Å². The number of carboxylic acid groups (broad SMARTS) is 1. The second-order valence-electron chi connectivity index (χ2n) is 9.06. The summed E-state index contributed by atoms with van der Waals surface area (Å²) in [7, 11) is 0. The molecule has 0 saturated carbocycles. The van der Waals surface area contributed by atoms with E-state index in [0.717, 1.165) is 64.6 Å². The summed E-state index contributed by atoms with van der Waals surface area (Å²) >= 11 is 0. The average molecular weight is 491 g/mol. The monoisotopic (exact) mass is 490 g/mol. The molecule has 3 aromatic rings. The van der Waals surface area contributed by atoms with Gasteiger partial charge in [-0.15, -0.1) is 0 Å². The van der Waals surface area contributed by atoms with Gasteiger partial charge in [-0.25, -0.2) is 4.79 Å². The van der Waals surface area contributed by atoms with E-state index in [0.29, 0.717) is 38.3 Å². The molecule has 4 rings (SSSR count). The van der Waals surface area contributed by atoms with E-state index in [9.17, 15) is 9.90 Å². The molecule has 7 nitrogen and oxygen atoms in total. The second-order valence-corrected chi connectivity index (χ2v) is 9.06. The van der Waals surface area contributed by atoms with Gasteiger partial charge in [-0.05, 0) is 73.7 Å². The Morgan fingerprint density at radius 3 is 2.56 bits per heavy atom. The van der Waals surface area contributed by atoms with Gasteiger partial charge in [-0.1, -0.05) is 36.7 Å². The summed E-state index contributed by atoms with van der Waals surface area (Å²) in [5.74, 6) is 0.702. The Morgan fingerprint density at radius 1 is 1.08 bits per heavy atom. The zero-order chi connectivity index (χ0) is 25.5. The maximum atomic E-state index is 11.9. The molecule has 2 aromatic carbocycles. The van der Waals surface area contributed by atoms with Crippen LogP contribution in [0.4, 0.5) is 5.69 Å². The van der Waals surface area contributed by atoms with E-state index in [1.807, 2.05) is 38.1 Å². The number of fused-ring (bicyclic) bond motifs is 1. The molecular weight excluding hydrogens is 456 g/mol. The van der Waals surface area contributed by atoms with Crippen molar-refractivity contribution in [3.8, 4) is 16.9 Å². The number of hydrogen-bond donors (Lipinski definition) is 1. The average Bonchev–Trinajstić information content (AvgIpc) is 3.08. The molecule has 0 aliphatic carbocycles. The maximum Gasteiger partial charge on any atom is 0.331 e. The molecule has 36 heavy (non-hydrogen) atoms. The Labute approximate surface area is 212 Å². The predicted octanol–water partition coefficient (Wildman–Crippen LogP) is 6.03. The third kappa shape index (κ3) is 6.15. The van der Waals surface area contributed by atoms with Gasteiger partial charge in [0.25, 0.3) is 0 Å². The highest BCUT2D eigenvalue weighted by Crippen LogP contribution is 2.34. The van der Waals surface area contributed by atoms with Crippen LogP contribution < -0.4 is 9.64 Å². The molecule has 0 unspecified atom stereocenters. The minimum absolute atomic E-state index is 0.402. The van der Waals surface area contributed by atoms with Crippen LogP contribution >= 0.6 is 0 Å². The first-order valence-electron chi connectivity index (χ1n) is 12.5. The molecule has 2 heterocycles. The first-order valence-corrected chi connectivity index (χ1v) is 12.5. The van der Waals surface area contributed by atoms with Crippen LogP contribution in [0.2, 0.25) is 0 Å². The predicted molar refractivity (Wildman–Crippen MR) is 140 cm³/mol. The van der Waals surface area contributed by atoms with Crippen molar-refractivity contribution in [2.45, 2.75) is 46.6 Å². The van der Waals surface area contributed by atoms with Crippen molar-refractivity contribution < 1.29 is 23.9 Å². The quantitative estimate of drug-likeness (QED) is 0.328. The SMILES string of the molecule is CCCCOCCOc1ccc(-c2ccc3c(c2)C=C(C(=O)O)CCN3Cc2c(C)noc2C)cc1. The number of aryl methyl sites for hydroxylation is 2. The van der Waals surface area contributed by atoms with Gasteiger partial charge in [0.15, 0.2) is 0 Å². The molecule has 0 saturated heterocycles. The van der Waals surface area contributed by atoms with Crippen molar-refractivity contribution in [1.82, 2.24) is 5.16 Å². The summed E-state index contributed by atoms with van der Waals surface area (Å²) in [5.41, 5.74) is 6.24. The molecule has 190 valence electrons. The molecule has 0 bridgehead atoms. The van der Waals surface area contributed by atoms with E-state index >= 15 is 0 Å². The third-order valence-corrected chi connectivity index (χ3v) is 6.48. The Balaban J connectivity index is 1.53. The first kappa shape index (κ1) is 25.5. The number of aromatic nitrogens is 1. The van der Waals surface area contributed by atoms with E-state index < -0.39 is 5.97 Å². The molecule has 1 aromatic heterocycles. The molecule has 1 N–H and O–H groups in total. The van der Waals surface area contributed by atoms with Crippen LogP contribution in [0.15, 0.2) is 52.6 Å². The summed E-state index contributed by atoms with van der Waals surface area (Å²) in [4.78, 5) is 14.1. The van der Waals surface area contributed by atoms with Crippen LogP contribution in [0.3, 0.4) is 0 Å². The number of ether oxygens (including phenoxy) is 2. The van der Waals surface area contributed by atoms with Crippen molar-refractivity contribution in [1.29, 1.82) is 0 Å². The van der Waals surface area contributed by atoms with E-state index in [4.69, 9.17) is 14.0 Å². The van der Waals surface area contributed by atoms with Crippen LogP contribution in [-0.2, 0) is 16.1 Å². The zero-order valence-corrected chi connectivity index (χ0v) is 21.3. The van der Waals surface area contributed by atoms with E-state index in [-0.39, 0.29) is 0 Å². The lowest BCUT2D eigenvalue weighted by Gasteiger charge is -2.25. The molecule has 1 aliphatic rings. The van der Waals surface area contributed by atoms with Crippen molar-refractivity contribution in [3.05, 3.63) is 70.6 Å². The molecule has 0 radical (unpaired) electrons. The number of nitrogens with zero attached hydrogens (tertiary/aromatic N) is 2. The standard InChI is InChI=1S/C29H34N2O5/c1-4-5-14-34-15-16-35-26-9-6-22(7-10-26)23-8-11-28-25(17-23)18-24(29(32)33)12-13-31(28)19-27-20(2)30-36-21(27)3/h6-11,17-18H,4-5,12-16,19H2,1-3H3,(H,32,33). The highest BCUT2D eigenvalue weighted by atomic mass is 16.5. The van der Waals surface area contributed by atoms with Crippen LogP contribution in [0.1, 0.15) is 48.8 Å². The highest BCUT2D eigenvalue weighted by molar-refractivity contribution is 5.94. The molecule has 7 heteroatoms.